The van der Waals surface area contributed by atoms with E-state index in [2.05, 4.69) is 15.3 Å². The Bertz CT molecular complexity index is 1300. The molecule has 1 amide bonds. The quantitative estimate of drug-likeness (QED) is 0.260. The van der Waals surface area contributed by atoms with Crippen LogP contribution in [0.2, 0.25) is 0 Å². The van der Waals surface area contributed by atoms with Gasteiger partial charge in [-0.1, -0.05) is 42.1 Å². The van der Waals surface area contributed by atoms with E-state index in [9.17, 15) is 4.79 Å². The Kier molecular flexibility index (Phi) is 6.51. The fraction of sp³-hybridized carbons (Fsp3) is 0.192. The van der Waals surface area contributed by atoms with E-state index in [0.29, 0.717) is 33.8 Å². The zero-order valence-electron chi connectivity index (χ0n) is 19.0. The molecule has 0 fully saturated rings. The van der Waals surface area contributed by atoms with E-state index in [1.807, 2.05) is 75.6 Å². The maximum Gasteiger partial charge on any atom is 0.255 e. The third-order valence-electron chi connectivity index (χ3n) is 4.66. The monoisotopic (exact) mass is 459 g/mol. The number of rotatable bonds is 6. The summed E-state index contributed by atoms with van der Waals surface area (Å²) in [6.45, 7) is 5.91. The summed E-state index contributed by atoms with van der Waals surface area (Å²) in [6, 6.07) is 20.3. The molecule has 33 heavy (non-hydrogen) atoms. The molecule has 1 aromatic heterocycles. The lowest BCUT2D eigenvalue weighted by molar-refractivity contribution is 0.102. The van der Waals surface area contributed by atoms with Gasteiger partial charge < -0.3 is 14.8 Å². The number of carbonyl (C=O) groups is 1. The zero-order chi connectivity index (χ0) is 23.4. The summed E-state index contributed by atoms with van der Waals surface area (Å²) in [4.78, 5) is 21.6. The first-order chi connectivity index (χ1) is 15.8. The average Bonchev–Trinajstić information content (AvgIpc) is 2.80. The van der Waals surface area contributed by atoms with E-state index in [1.165, 1.54) is 11.8 Å². The minimum absolute atomic E-state index is 0.214. The zero-order valence-corrected chi connectivity index (χ0v) is 19.8. The molecule has 0 aliphatic carbocycles. The van der Waals surface area contributed by atoms with Gasteiger partial charge in [-0.3, -0.25) is 4.79 Å². The molecule has 0 aliphatic heterocycles. The van der Waals surface area contributed by atoms with Crippen LogP contribution in [0.1, 0.15) is 31.1 Å². The highest BCUT2D eigenvalue weighted by Gasteiger charge is 2.15. The molecule has 0 unspecified atom stereocenters. The van der Waals surface area contributed by atoms with E-state index in [4.69, 9.17) is 9.47 Å². The summed E-state index contributed by atoms with van der Waals surface area (Å²) >= 11 is 1.45. The van der Waals surface area contributed by atoms with Crippen molar-refractivity contribution in [3.05, 3.63) is 78.5 Å². The predicted octanol–water partition coefficient (Wildman–Crippen LogP) is 6.57. The van der Waals surface area contributed by atoms with Crippen LogP contribution in [0.25, 0.3) is 10.8 Å². The number of anilines is 1. The number of amides is 1. The number of nitrogens with zero attached hydrogens (tertiary/aromatic N) is 2. The number of benzene rings is 3. The van der Waals surface area contributed by atoms with Gasteiger partial charge in [0.05, 0.1) is 0 Å². The third kappa shape index (κ3) is 5.62. The molecular formula is C26H25N3O3S. The molecule has 1 N–H and O–H groups in total. The van der Waals surface area contributed by atoms with Gasteiger partial charge in [0.1, 0.15) is 17.1 Å². The molecule has 0 bridgehead atoms. The summed E-state index contributed by atoms with van der Waals surface area (Å²) < 4.78 is 11.9. The van der Waals surface area contributed by atoms with Crippen LogP contribution in [0.3, 0.4) is 0 Å². The second-order valence-electron chi connectivity index (χ2n) is 8.34. The molecule has 0 atom stereocenters. The molecule has 3 aromatic carbocycles. The normalized spacial score (nSPS) is 11.3. The maximum absolute atomic E-state index is 13.0. The lowest BCUT2D eigenvalue weighted by atomic mass is 10.1. The summed E-state index contributed by atoms with van der Waals surface area (Å²) in [7, 11) is 0. The van der Waals surface area contributed by atoms with Gasteiger partial charge in [-0.05, 0) is 57.4 Å². The van der Waals surface area contributed by atoms with Crippen molar-refractivity contribution in [3.8, 4) is 17.4 Å². The van der Waals surface area contributed by atoms with Crippen LogP contribution in [-0.2, 0) is 0 Å². The number of thioether (sulfide) groups is 1. The van der Waals surface area contributed by atoms with Crippen LogP contribution in [0.4, 0.5) is 5.69 Å². The van der Waals surface area contributed by atoms with Crippen LogP contribution < -0.4 is 14.8 Å². The van der Waals surface area contributed by atoms with Gasteiger partial charge in [0.15, 0.2) is 5.16 Å². The molecule has 0 saturated heterocycles. The Labute approximate surface area is 197 Å². The van der Waals surface area contributed by atoms with Crippen LogP contribution in [-0.4, -0.2) is 27.7 Å². The lowest BCUT2D eigenvalue weighted by Gasteiger charge is -2.21. The van der Waals surface area contributed by atoms with E-state index in [-0.39, 0.29) is 11.5 Å². The highest BCUT2D eigenvalue weighted by atomic mass is 32.2. The highest BCUT2D eigenvalue weighted by Crippen LogP contribution is 2.34. The first-order valence-electron chi connectivity index (χ1n) is 10.5. The molecule has 0 aliphatic rings. The van der Waals surface area contributed by atoms with Gasteiger partial charge >= 0.3 is 0 Å². The second-order valence-corrected chi connectivity index (χ2v) is 9.11. The van der Waals surface area contributed by atoms with Gasteiger partial charge in [-0.2, -0.15) is 4.98 Å². The molecule has 168 valence electrons. The molecule has 1 heterocycles. The fourth-order valence-electron chi connectivity index (χ4n) is 3.31. The van der Waals surface area contributed by atoms with Crippen molar-refractivity contribution in [1.82, 2.24) is 9.97 Å². The second kappa shape index (κ2) is 9.50. The minimum atomic E-state index is -0.346. The number of aromatic nitrogens is 2. The van der Waals surface area contributed by atoms with E-state index in [0.717, 1.165) is 10.8 Å². The number of ether oxygens (including phenoxy) is 2. The van der Waals surface area contributed by atoms with E-state index in [1.54, 1.807) is 24.4 Å². The Morgan fingerprint density at radius 1 is 0.970 bits per heavy atom. The van der Waals surface area contributed by atoms with Crippen molar-refractivity contribution in [2.24, 2.45) is 0 Å². The van der Waals surface area contributed by atoms with E-state index < -0.39 is 0 Å². The Morgan fingerprint density at radius 3 is 2.52 bits per heavy atom. The predicted molar refractivity (Wildman–Crippen MR) is 133 cm³/mol. The van der Waals surface area contributed by atoms with Crippen LogP contribution in [0.5, 0.6) is 17.4 Å². The van der Waals surface area contributed by atoms with Crippen molar-refractivity contribution < 1.29 is 14.3 Å². The third-order valence-corrected chi connectivity index (χ3v) is 5.22. The molecule has 0 spiro atoms. The van der Waals surface area contributed by atoms with Crippen molar-refractivity contribution >= 4 is 34.1 Å². The average molecular weight is 460 g/mol. The SMILES string of the molecule is CSc1nccc(Oc2ccc(NC(=O)c3cccc(OC(C)(C)C)c3)c3ccccc23)n1. The first-order valence-corrected chi connectivity index (χ1v) is 11.7. The summed E-state index contributed by atoms with van der Waals surface area (Å²) in [5, 5.41) is 5.39. The van der Waals surface area contributed by atoms with Gasteiger partial charge in [-0.25, -0.2) is 4.98 Å². The number of fused-ring (bicyclic) bond motifs is 1. The van der Waals surface area contributed by atoms with Gasteiger partial charge in [-0.15, -0.1) is 0 Å². The highest BCUT2D eigenvalue weighted by molar-refractivity contribution is 7.98. The number of carbonyl (C=O) groups excluding carboxylic acids is 1. The Morgan fingerprint density at radius 2 is 1.76 bits per heavy atom. The Balaban J connectivity index is 1.61. The number of hydrogen-bond acceptors (Lipinski definition) is 6. The summed E-state index contributed by atoms with van der Waals surface area (Å²) in [5.74, 6) is 1.55. The molecule has 0 saturated carbocycles. The van der Waals surface area contributed by atoms with Crippen molar-refractivity contribution in [2.75, 3.05) is 11.6 Å². The maximum atomic E-state index is 13.0. The van der Waals surface area contributed by atoms with Crippen LogP contribution in [0.15, 0.2) is 78.1 Å². The van der Waals surface area contributed by atoms with Crippen molar-refractivity contribution in [3.63, 3.8) is 0 Å². The smallest absolute Gasteiger partial charge is 0.255 e. The minimum Gasteiger partial charge on any atom is -0.488 e. The van der Waals surface area contributed by atoms with Crippen LogP contribution in [0, 0.1) is 0 Å². The Hall–Kier alpha value is -3.58. The van der Waals surface area contributed by atoms with Gasteiger partial charge in [0.25, 0.3) is 5.91 Å². The largest absolute Gasteiger partial charge is 0.488 e. The van der Waals surface area contributed by atoms with E-state index >= 15 is 0 Å². The molecule has 4 aromatic rings. The summed E-state index contributed by atoms with van der Waals surface area (Å²) in [5.41, 5.74) is 0.866. The number of hydrogen-bond donors (Lipinski definition) is 1. The molecular weight excluding hydrogens is 434 g/mol. The molecule has 6 nitrogen and oxygen atoms in total. The molecule has 7 heteroatoms. The van der Waals surface area contributed by atoms with Gasteiger partial charge in [0, 0.05) is 34.3 Å². The first kappa shape index (κ1) is 22.6. The van der Waals surface area contributed by atoms with Crippen molar-refractivity contribution in [1.29, 1.82) is 0 Å². The number of nitrogens with one attached hydrogen (secondary N) is 1. The fourth-order valence-corrected chi connectivity index (χ4v) is 3.66. The van der Waals surface area contributed by atoms with Crippen molar-refractivity contribution in [2.45, 2.75) is 31.5 Å². The lowest BCUT2D eigenvalue weighted by Crippen LogP contribution is -2.23. The van der Waals surface area contributed by atoms with Gasteiger partial charge in [0.2, 0.25) is 5.88 Å². The summed E-state index contributed by atoms with van der Waals surface area (Å²) in [6.07, 6.45) is 3.58. The topological polar surface area (TPSA) is 73.3 Å². The standard InChI is InChI=1S/C26H25N3O3S/c1-26(2,3)32-18-9-7-8-17(16-18)24(30)28-21-12-13-22(20-11-6-5-10-19(20)21)31-23-14-15-27-25(29-23)33-4/h5-16H,1-4H3,(H,28,30). The molecule has 0 radical (unpaired) electrons. The molecule has 4 rings (SSSR count). The van der Waals surface area contributed by atoms with Crippen LogP contribution >= 0.6 is 11.8 Å².